The molecule has 6 heteroatoms. The van der Waals surface area contributed by atoms with Gasteiger partial charge in [-0.25, -0.2) is 9.97 Å². The van der Waals surface area contributed by atoms with Crippen molar-refractivity contribution in [2.75, 3.05) is 0 Å². The molecule has 0 aliphatic carbocycles. The molecule has 0 spiro atoms. The Morgan fingerprint density at radius 2 is 1.87 bits per heavy atom. The minimum absolute atomic E-state index is 0.148. The van der Waals surface area contributed by atoms with Crippen molar-refractivity contribution in [3.05, 3.63) is 30.2 Å². The van der Waals surface area contributed by atoms with Crippen LogP contribution in [0, 0.1) is 0 Å². The van der Waals surface area contributed by atoms with Crippen molar-refractivity contribution in [1.82, 2.24) is 9.97 Å². The zero-order valence-electron chi connectivity index (χ0n) is 7.28. The molecule has 1 N–H and O–H groups in total. The quantitative estimate of drug-likeness (QED) is 0.732. The molecule has 0 aliphatic rings. The summed E-state index contributed by atoms with van der Waals surface area (Å²) < 4.78 is 37.4. The number of halogens is 3. The Hall–Kier alpha value is -1.85. The van der Waals surface area contributed by atoms with Gasteiger partial charge >= 0.3 is 6.18 Å². The van der Waals surface area contributed by atoms with Crippen molar-refractivity contribution in [3.63, 3.8) is 0 Å². The maximum absolute atomic E-state index is 12.5. The van der Waals surface area contributed by atoms with Crippen LogP contribution in [-0.4, -0.2) is 15.1 Å². The Kier molecular flexibility index (Phi) is 1.99. The van der Waals surface area contributed by atoms with E-state index in [1.807, 2.05) is 0 Å². The molecule has 1 heterocycles. The topological polar surface area (TPSA) is 46.0 Å². The van der Waals surface area contributed by atoms with Crippen LogP contribution in [0.15, 0.2) is 24.5 Å². The summed E-state index contributed by atoms with van der Waals surface area (Å²) in [5.74, 6) is -0.247. The van der Waals surface area contributed by atoms with E-state index in [0.29, 0.717) is 0 Å². The van der Waals surface area contributed by atoms with Gasteiger partial charge in [0.25, 0.3) is 0 Å². The summed E-state index contributed by atoms with van der Waals surface area (Å²) in [6, 6.07) is 3.58. The Labute approximate surface area is 82.2 Å². The number of hydrogen-bond acceptors (Lipinski definition) is 3. The third-order valence-corrected chi connectivity index (χ3v) is 1.89. The molecule has 78 valence electrons. The summed E-state index contributed by atoms with van der Waals surface area (Å²) in [6.45, 7) is 0. The number of rotatable bonds is 0. The standard InChI is InChI=1S/C9H5F3N2O/c10-9(11,12)8-6-3-5(15)1-2-7(6)13-4-14-8/h1-4,15H. The van der Waals surface area contributed by atoms with Crippen molar-refractivity contribution in [2.45, 2.75) is 6.18 Å². The van der Waals surface area contributed by atoms with Crippen molar-refractivity contribution in [1.29, 1.82) is 0 Å². The van der Waals surface area contributed by atoms with Crippen molar-refractivity contribution in [3.8, 4) is 5.75 Å². The van der Waals surface area contributed by atoms with E-state index in [9.17, 15) is 13.2 Å². The lowest BCUT2D eigenvalue weighted by molar-refractivity contribution is -0.139. The molecular formula is C9H5F3N2O. The number of phenolic OH excluding ortho intramolecular Hbond substituents is 1. The van der Waals surface area contributed by atoms with Crippen LogP contribution < -0.4 is 0 Å². The first-order valence-electron chi connectivity index (χ1n) is 3.99. The van der Waals surface area contributed by atoms with Crippen molar-refractivity contribution >= 4 is 10.9 Å². The number of fused-ring (bicyclic) bond motifs is 1. The predicted molar refractivity (Wildman–Crippen MR) is 46.2 cm³/mol. The van der Waals surface area contributed by atoms with Gasteiger partial charge in [-0.2, -0.15) is 13.2 Å². The van der Waals surface area contributed by atoms with Gasteiger partial charge in [0.1, 0.15) is 12.1 Å². The zero-order valence-corrected chi connectivity index (χ0v) is 7.28. The van der Waals surface area contributed by atoms with Crippen molar-refractivity contribution < 1.29 is 18.3 Å². The van der Waals surface area contributed by atoms with E-state index >= 15 is 0 Å². The Balaban J connectivity index is 2.80. The molecule has 1 aromatic heterocycles. The average molecular weight is 214 g/mol. The van der Waals surface area contributed by atoms with Crippen LogP contribution in [0.25, 0.3) is 10.9 Å². The van der Waals surface area contributed by atoms with E-state index in [1.54, 1.807) is 0 Å². The highest BCUT2D eigenvalue weighted by molar-refractivity contribution is 5.82. The molecular weight excluding hydrogens is 209 g/mol. The third-order valence-electron chi connectivity index (χ3n) is 1.89. The molecule has 0 saturated heterocycles. The van der Waals surface area contributed by atoms with Crippen LogP contribution in [0.4, 0.5) is 13.2 Å². The zero-order chi connectivity index (χ0) is 11.1. The van der Waals surface area contributed by atoms with Gasteiger partial charge in [0.05, 0.1) is 5.52 Å². The summed E-state index contributed by atoms with van der Waals surface area (Å²) in [7, 11) is 0. The SMILES string of the molecule is Oc1ccc2ncnc(C(F)(F)F)c2c1. The second kappa shape index (κ2) is 3.08. The number of aromatic nitrogens is 2. The monoisotopic (exact) mass is 214 g/mol. The fourth-order valence-corrected chi connectivity index (χ4v) is 1.27. The van der Waals surface area contributed by atoms with Crippen LogP contribution in [-0.2, 0) is 6.18 Å². The maximum Gasteiger partial charge on any atom is 0.434 e. The molecule has 2 rings (SSSR count). The van der Waals surface area contributed by atoms with Gasteiger partial charge in [-0.1, -0.05) is 0 Å². The minimum Gasteiger partial charge on any atom is -0.508 e. The van der Waals surface area contributed by atoms with Gasteiger partial charge in [-0.05, 0) is 18.2 Å². The lowest BCUT2D eigenvalue weighted by atomic mass is 10.2. The second-order valence-corrected chi connectivity index (χ2v) is 2.92. The highest BCUT2D eigenvalue weighted by Crippen LogP contribution is 2.33. The van der Waals surface area contributed by atoms with Crippen LogP contribution >= 0.6 is 0 Å². The summed E-state index contributed by atoms with van der Waals surface area (Å²) in [4.78, 5) is 6.85. The Morgan fingerprint density at radius 1 is 1.13 bits per heavy atom. The molecule has 15 heavy (non-hydrogen) atoms. The summed E-state index contributed by atoms with van der Waals surface area (Å²) in [5.41, 5.74) is -0.890. The maximum atomic E-state index is 12.5. The van der Waals surface area contributed by atoms with Crippen LogP contribution in [0.3, 0.4) is 0 Å². The van der Waals surface area contributed by atoms with Gasteiger partial charge < -0.3 is 5.11 Å². The number of benzene rings is 1. The highest BCUT2D eigenvalue weighted by atomic mass is 19.4. The fraction of sp³-hybridized carbons (Fsp3) is 0.111. The first-order valence-corrected chi connectivity index (χ1v) is 3.99. The molecule has 0 radical (unpaired) electrons. The third kappa shape index (κ3) is 1.70. The molecule has 0 amide bonds. The fourth-order valence-electron chi connectivity index (χ4n) is 1.27. The van der Waals surface area contributed by atoms with E-state index in [4.69, 9.17) is 5.11 Å². The smallest absolute Gasteiger partial charge is 0.434 e. The number of nitrogens with zero attached hydrogens (tertiary/aromatic N) is 2. The molecule has 0 unspecified atom stereocenters. The molecule has 0 atom stereocenters. The van der Waals surface area contributed by atoms with E-state index in [0.717, 1.165) is 12.4 Å². The lowest BCUT2D eigenvalue weighted by Crippen LogP contribution is -2.09. The first kappa shape index (κ1) is 9.70. The van der Waals surface area contributed by atoms with Gasteiger partial charge in [0.15, 0.2) is 5.69 Å². The van der Waals surface area contributed by atoms with E-state index in [2.05, 4.69) is 9.97 Å². The van der Waals surface area contributed by atoms with E-state index in [-0.39, 0.29) is 16.7 Å². The molecule has 0 bridgehead atoms. The molecule has 1 aromatic carbocycles. The van der Waals surface area contributed by atoms with E-state index in [1.165, 1.54) is 12.1 Å². The lowest BCUT2D eigenvalue weighted by Gasteiger charge is -2.08. The van der Waals surface area contributed by atoms with Crippen molar-refractivity contribution in [2.24, 2.45) is 0 Å². The van der Waals surface area contributed by atoms with Crippen LogP contribution in [0.5, 0.6) is 5.75 Å². The summed E-state index contributed by atoms with van der Waals surface area (Å²) in [6.07, 6.45) is -3.70. The van der Waals surface area contributed by atoms with Crippen LogP contribution in [0.2, 0.25) is 0 Å². The van der Waals surface area contributed by atoms with Crippen LogP contribution in [0.1, 0.15) is 5.69 Å². The first-order chi connectivity index (χ1) is 6.98. The molecule has 0 fully saturated rings. The van der Waals surface area contributed by atoms with Gasteiger partial charge in [-0.15, -0.1) is 0 Å². The van der Waals surface area contributed by atoms with Gasteiger partial charge in [0.2, 0.25) is 0 Å². The minimum atomic E-state index is -4.55. The molecule has 0 aliphatic heterocycles. The normalized spacial score (nSPS) is 11.9. The van der Waals surface area contributed by atoms with Gasteiger partial charge in [0, 0.05) is 5.39 Å². The molecule has 2 aromatic rings. The number of hydrogen-bond donors (Lipinski definition) is 1. The largest absolute Gasteiger partial charge is 0.508 e. The predicted octanol–water partition coefficient (Wildman–Crippen LogP) is 2.35. The summed E-state index contributed by atoms with van der Waals surface area (Å²) >= 11 is 0. The molecule has 0 saturated carbocycles. The average Bonchev–Trinajstić information content (AvgIpc) is 2.15. The highest BCUT2D eigenvalue weighted by Gasteiger charge is 2.34. The van der Waals surface area contributed by atoms with Gasteiger partial charge in [-0.3, -0.25) is 0 Å². The Morgan fingerprint density at radius 3 is 2.53 bits per heavy atom. The number of phenols is 1. The number of aromatic hydroxyl groups is 1. The Bertz CT molecular complexity index is 510. The summed E-state index contributed by atoms with van der Waals surface area (Å²) in [5, 5.41) is 8.89. The van der Waals surface area contributed by atoms with E-state index < -0.39 is 11.9 Å². The number of alkyl halides is 3. The second-order valence-electron chi connectivity index (χ2n) is 2.92. The molecule has 3 nitrogen and oxygen atoms in total.